The molecule has 6 heteroatoms. The zero-order chi connectivity index (χ0) is 15.2. The van der Waals surface area contributed by atoms with E-state index in [1.54, 1.807) is 12.3 Å². The predicted octanol–water partition coefficient (Wildman–Crippen LogP) is 0.847. The zero-order valence-electron chi connectivity index (χ0n) is 12.3. The molecule has 1 aromatic carbocycles. The molecular weight excluding hydrogens is 268 g/mol. The van der Waals surface area contributed by atoms with Gasteiger partial charge in [0.15, 0.2) is 0 Å². The van der Waals surface area contributed by atoms with Crippen molar-refractivity contribution in [1.82, 2.24) is 9.78 Å². The number of hydrogen-bond donors (Lipinski definition) is 1. The van der Waals surface area contributed by atoms with Gasteiger partial charge in [0.25, 0.3) is 5.56 Å². The summed E-state index contributed by atoms with van der Waals surface area (Å²) in [6, 6.07) is 9.14. The second kappa shape index (κ2) is 6.90. The highest BCUT2D eigenvalue weighted by atomic mass is 16.5. The molecule has 2 rings (SSSR count). The van der Waals surface area contributed by atoms with E-state index in [1.807, 2.05) is 43.3 Å². The first-order chi connectivity index (χ1) is 10.1. The molecule has 2 N–H and O–H groups in total. The number of nitrogens with two attached hydrogens (primary N) is 1. The third-order valence-corrected chi connectivity index (χ3v) is 3.10. The Morgan fingerprint density at radius 1 is 1.29 bits per heavy atom. The fourth-order valence-electron chi connectivity index (χ4n) is 1.81. The van der Waals surface area contributed by atoms with Crippen LogP contribution >= 0.6 is 0 Å². The van der Waals surface area contributed by atoms with Crippen molar-refractivity contribution in [1.29, 1.82) is 0 Å². The first kappa shape index (κ1) is 15.1. The van der Waals surface area contributed by atoms with Crippen molar-refractivity contribution in [3.63, 3.8) is 0 Å². The number of ether oxygens (including phenoxy) is 1. The average molecular weight is 288 g/mol. The lowest BCUT2D eigenvalue weighted by molar-refractivity contribution is 0.287. The first-order valence-corrected chi connectivity index (χ1v) is 6.76. The molecule has 21 heavy (non-hydrogen) atoms. The molecule has 0 spiro atoms. The van der Waals surface area contributed by atoms with Gasteiger partial charge < -0.3 is 15.4 Å². The minimum absolute atomic E-state index is 0.136. The summed E-state index contributed by atoms with van der Waals surface area (Å²) in [7, 11) is 3.74. The van der Waals surface area contributed by atoms with E-state index in [0.29, 0.717) is 19.7 Å². The molecular formula is C15H20N4O2. The minimum atomic E-state index is -0.136. The van der Waals surface area contributed by atoms with Crippen LogP contribution in [-0.2, 0) is 13.1 Å². The van der Waals surface area contributed by atoms with E-state index in [-0.39, 0.29) is 5.56 Å². The lowest BCUT2D eigenvalue weighted by Crippen LogP contribution is -2.26. The molecule has 6 nitrogen and oxygen atoms in total. The van der Waals surface area contributed by atoms with Gasteiger partial charge in [-0.25, -0.2) is 4.68 Å². The van der Waals surface area contributed by atoms with Crippen LogP contribution in [-0.4, -0.2) is 30.5 Å². The summed E-state index contributed by atoms with van der Waals surface area (Å²) < 4.78 is 6.98. The van der Waals surface area contributed by atoms with Crippen LogP contribution in [0.15, 0.2) is 41.3 Å². The van der Waals surface area contributed by atoms with Crippen molar-refractivity contribution in [2.24, 2.45) is 5.73 Å². The van der Waals surface area contributed by atoms with Gasteiger partial charge in [0, 0.05) is 26.7 Å². The fourth-order valence-corrected chi connectivity index (χ4v) is 1.81. The molecule has 0 atom stereocenters. The molecule has 1 heterocycles. The Morgan fingerprint density at radius 3 is 2.57 bits per heavy atom. The highest BCUT2D eigenvalue weighted by molar-refractivity contribution is 5.40. The van der Waals surface area contributed by atoms with Gasteiger partial charge in [-0.1, -0.05) is 12.1 Å². The van der Waals surface area contributed by atoms with Crippen molar-refractivity contribution in [3.8, 4) is 5.75 Å². The molecule has 0 bridgehead atoms. The molecule has 2 aromatic rings. The smallest absolute Gasteiger partial charge is 0.268 e. The van der Waals surface area contributed by atoms with Gasteiger partial charge in [-0.3, -0.25) is 4.79 Å². The summed E-state index contributed by atoms with van der Waals surface area (Å²) in [6.07, 6.45) is 1.66. The van der Waals surface area contributed by atoms with E-state index in [4.69, 9.17) is 10.5 Å². The van der Waals surface area contributed by atoms with Crippen molar-refractivity contribution >= 4 is 5.69 Å². The Hall–Kier alpha value is -2.34. The fraction of sp³-hybridized carbons (Fsp3) is 0.333. The lowest BCUT2D eigenvalue weighted by Gasteiger charge is -2.12. The van der Waals surface area contributed by atoms with E-state index in [2.05, 4.69) is 5.10 Å². The van der Waals surface area contributed by atoms with Crippen LogP contribution in [0.1, 0.15) is 5.56 Å². The normalized spacial score (nSPS) is 10.4. The summed E-state index contributed by atoms with van der Waals surface area (Å²) in [5, 5.41) is 4.12. The molecule has 0 aliphatic heterocycles. The van der Waals surface area contributed by atoms with Crippen molar-refractivity contribution in [2.75, 3.05) is 25.6 Å². The minimum Gasteiger partial charge on any atom is -0.492 e. The Morgan fingerprint density at radius 2 is 2.00 bits per heavy atom. The van der Waals surface area contributed by atoms with Crippen LogP contribution in [0.25, 0.3) is 0 Å². The largest absolute Gasteiger partial charge is 0.492 e. The molecule has 0 radical (unpaired) electrons. The Labute approximate surface area is 123 Å². The van der Waals surface area contributed by atoms with Crippen molar-refractivity contribution < 1.29 is 4.74 Å². The average Bonchev–Trinajstić information content (AvgIpc) is 2.49. The molecule has 0 aliphatic rings. The number of rotatable bonds is 6. The van der Waals surface area contributed by atoms with Gasteiger partial charge >= 0.3 is 0 Å². The Balaban J connectivity index is 1.92. The summed E-state index contributed by atoms with van der Waals surface area (Å²) >= 11 is 0. The van der Waals surface area contributed by atoms with E-state index in [1.165, 1.54) is 4.68 Å². The van der Waals surface area contributed by atoms with Crippen LogP contribution in [0.4, 0.5) is 5.69 Å². The monoisotopic (exact) mass is 288 g/mol. The first-order valence-electron chi connectivity index (χ1n) is 6.76. The molecule has 0 fully saturated rings. The highest BCUT2D eigenvalue weighted by Gasteiger charge is 2.02. The number of anilines is 1. The van der Waals surface area contributed by atoms with E-state index < -0.39 is 0 Å². The standard InChI is InChI=1S/C15H20N4O2/c1-18(2)13-9-15(20)19(17-11-13)7-8-21-14-5-3-12(10-16)4-6-14/h3-6,9,11H,7-8,10,16H2,1-2H3. The number of nitrogens with zero attached hydrogens (tertiary/aromatic N) is 3. The van der Waals surface area contributed by atoms with Gasteiger partial charge in [-0.15, -0.1) is 0 Å². The molecule has 0 saturated heterocycles. The van der Waals surface area contributed by atoms with Gasteiger partial charge in [-0.2, -0.15) is 5.10 Å². The van der Waals surface area contributed by atoms with Crippen LogP contribution in [0.3, 0.4) is 0 Å². The summed E-state index contributed by atoms with van der Waals surface area (Å²) in [5.74, 6) is 0.755. The lowest BCUT2D eigenvalue weighted by atomic mass is 10.2. The van der Waals surface area contributed by atoms with Crippen LogP contribution in [0, 0.1) is 0 Å². The highest BCUT2D eigenvalue weighted by Crippen LogP contribution is 2.11. The topological polar surface area (TPSA) is 73.4 Å². The quantitative estimate of drug-likeness (QED) is 0.853. The maximum Gasteiger partial charge on any atom is 0.268 e. The third kappa shape index (κ3) is 4.06. The third-order valence-electron chi connectivity index (χ3n) is 3.10. The van der Waals surface area contributed by atoms with Gasteiger partial charge in [0.2, 0.25) is 0 Å². The van der Waals surface area contributed by atoms with Crippen LogP contribution in [0.5, 0.6) is 5.75 Å². The maximum absolute atomic E-state index is 11.9. The summed E-state index contributed by atoms with van der Waals surface area (Å²) in [4.78, 5) is 13.7. The molecule has 0 saturated carbocycles. The molecule has 0 amide bonds. The predicted molar refractivity (Wildman–Crippen MR) is 82.7 cm³/mol. The maximum atomic E-state index is 11.9. The van der Waals surface area contributed by atoms with Gasteiger partial charge in [0.05, 0.1) is 18.4 Å². The second-order valence-electron chi connectivity index (χ2n) is 4.87. The van der Waals surface area contributed by atoms with E-state index >= 15 is 0 Å². The molecule has 1 aromatic heterocycles. The number of hydrogen-bond acceptors (Lipinski definition) is 5. The van der Waals surface area contributed by atoms with Crippen molar-refractivity contribution in [3.05, 3.63) is 52.4 Å². The molecule has 0 aliphatic carbocycles. The summed E-state index contributed by atoms with van der Waals surface area (Å²) in [6.45, 7) is 1.30. The van der Waals surface area contributed by atoms with Crippen LogP contribution in [0.2, 0.25) is 0 Å². The molecule has 0 unspecified atom stereocenters. The summed E-state index contributed by atoms with van der Waals surface area (Å²) in [5.41, 5.74) is 7.24. The van der Waals surface area contributed by atoms with Gasteiger partial charge in [-0.05, 0) is 17.7 Å². The Bertz CT molecular complexity index is 635. The second-order valence-corrected chi connectivity index (χ2v) is 4.87. The molecule has 112 valence electrons. The number of aromatic nitrogens is 2. The van der Waals surface area contributed by atoms with E-state index in [9.17, 15) is 4.79 Å². The van der Waals surface area contributed by atoms with Crippen LogP contribution < -0.4 is 20.9 Å². The number of benzene rings is 1. The van der Waals surface area contributed by atoms with E-state index in [0.717, 1.165) is 17.0 Å². The van der Waals surface area contributed by atoms with Crippen molar-refractivity contribution in [2.45, 2.75) is 13.1 Å². The Kier molecular flexibility index (Phi) is 4.94. The zero-order valence-corrected chi connectivity index (χ0v) is 12.3. The SMILES string of the molecule is CN(C)c1cnn(CCOc2ccc(CN)cc2)c(=O)c1. The van der Waals surface area contributed by atoms with Gasteiger partial charge in [0.1, 0.15) is 12.4 Å².